The van der Waals surface area contributed by atoms with Crippen LogP contribution in [0.3, 0.4) is 0 Å². The second-order valence-electron chi connectivity index (χ2n) is 3.64. The molecular formula is C12H12O3. The molecule has 1 unspecified atom stereocenters. The summed E-state index contributed by atoms with van der Waals surface area (Å²) in [5.41, 5.74) is 1.76. The van der Waals surface area contributed by atoms with Crippen LogP contribution in [0, 0.1) is 0 Å². The lowest BCUT2D eigenvalue weighted by atomic mass is 9.87. The van der Waals surface area contributed by atoms with Gasteiger partial charge in [0.2, 0.25) is 0 Å². The molecule has 0 saturated heterocycles. The third-order valence-corrected chi connectivity index (χ3v) is 2.58. The van der Waals surface area contributed by atoms with Crippen molar-refractivity contribution < 1.29 is 14.6 Å². The highest BCUT2D eigenvalue weighted by atomic mass is 16.5. The van der Waals surface area contributed by atoms with Crippen LogP contribution in [0.4, 0.5) is 0 Å². The molecule has 0 spiro atoms. The van der Waals surface area contributed by atoms with E-state index in [1.807, 2.05) is 24.3 Å². The Labute approximate surface area is 88.0 Å². The Kier molecular flexibility index (Phi) is 2.46. The zero-order valence-electron chi connectivity index (χ0n) is 8.27. The molecule has 0 bridgehead atoms. The molecule has 1 N–H and O–H groups in total. The minimum absolute atomic E-state index is 0.0825. The number of carboxylic acid groups (broad SMARTS) is 1. The van der Waals surface area contributed by atoms with Crippen molar-refractivity contribution >= 4 is 5.97 Å². The van der Waals surface area contributed by atoms with E-state index >= 15 is 0 Å². The summed E-state index contributed by atoms with van der Waals surface area (Å²) in [5, 5.41) is 8.83. The largest absolute Gasteiger partial charge is 0.489 e. The molecule has 3 nitrogen and oxygen atoms in total. The van der Waals surface area contributed by atoms with Gasteiger partial charge >= 0.3 is 5.97 Å². The summed E-state index contributed by atoms with van der Waals surface area (Å²) in [4.78, 5) is 10.7. The maximum Gasteiger partial charge on any atom is 0.304 e. The number of fused-ring (bicyclic) bond motifs is 1. The van der Waals surface area contributed by atoms with Crippen LogP contribution in [0.25, 0.3) is 0 Å². The number of carboxylic acids is 1. The molecule has 1 heterocycles. The Bertz CT molecular complexity index is 409. The van der Waals surface area contributed by atoms with E-state index in [2.05, 4.69) is 6.58 Å². The van der Waals surface area contributed by atoms with E-state index in [9.17, 15) is 4.79 Å². The number of rotatable bonds is 2. The van der Waals surface area contributed by atoms with Crippen molar-refractivity contribution in [2.24, 2.45) is 0 Å². The van der Waals surface area contributed by atoms with Crippen molar-refractivity contribution in [3.63, 3.8) is 0 Å². The van der Waals surface area contributed by atoms with Gasteiger partial charge in [0.15, 0.2) is 0 Å². The summed E-state index contributed by atoms with van der Waals surface area (Å²) < 4.78 is 5.46. The first-order valence-electron chi connectivity index (χ1n) is 4.79. The summed E-state index contributed by atoms with van der Waals surface area (Å²) >= 11 is 0. The Morgan fingerprint density at radius 2 is 2.27 bits per heavy atom. The molecule has 0 amide bonds. The first kappa shape index (κ1) is 9.77. The SMILES string of the molecule is C=C1COc2ccccc2C1CC(=O)O. The molecule has 1 aromatic carbocycles. The Hall–Kier alpha value is -1.77. The zero-order chi connectivity index (χ0) is 10.8. The highest BCUT2D eigenvalue weighted by molar-refractivity contribution is 5.69. The Morgan fingerprint density at radius 3 is 3.00 bits per heavy atom. The smallest absolute Gasteiger partial charge is 0.304 e. The van der Waals surface area contributed by atoms with Gasteiger partial charge in [-0.25, -0.2) is 0 Å². The molecule has 15 heavy (non-hydrogen) atoms. The third kappa shape index (κ3) is 1.86. The molecule has 0 fully saturated rings. The third-order valence-electron chi connectivity index (χ3n) is 2.58. The van der Waals surface area contributed by atoms with Gasteiger partial charge in [0.05, 0.1) is 6.42 Å². The molecule has 3 heteroatoms. The van der Waals surface area contributed by atoms with Crippen LogP contribution >= 0.6 is 0 Å². The fourth-order valence-corrected chi connectivity index (χ4v) is 1.82. The molecule has 0 radical (unpaired) electrons. The minimum Gasteiger partial charge on any atom is -0.489 e. The van der Waals surface area contributed by atoms with Gasteiger partial charge in [-0.15, -0.1) is 0 Å². The highest BCUT2D eigenvalue weighted by Crippen LogP contribution is 2.37. The second-order valence-corrected chi connectivity index (χ2v) is 3.64. The van der Waals surface area contributed by atoms with Crippen LogP contribution in [0.15, 0.2) is 36.4 Å². The molecule has 1 aliphatic heterocycles. The minimum atomic E-state index is -0.808. The summed E-state index contributed by atoms with van der Waals surface area (Å²) in [7, 11) is 0. The van der Waals surface area contributed by atoms with Crippen molar-refractivity contribution in [3.05, 3.63) is 42.0 Å². The predicted octanol–water partition coefficient (Wildman–Crippen LogP) is 2.19. The molecule has 0 saturated carbocycles. The van der Waals surface area contributed by atoms with E-state index in [0.29, 0.717) is 6.61 Å². The highest BCUT2D eigenvalue weighted by Gasteiger charge is 2.26. The van der Waals surface area contributed by atoms with Crippen molar-refractivity contribution in [2.45, 2.75) is 12.3 Å². The van der Waals surface area contributed by atoms with E-state index in [1.165, 1.54) is 0 Å². The number of hydrogen-bond acceptors (Lipinski definition) is 2. The van der Waals surface area contributed by atoms with Gasteiger partial charge in [-0.05, 0) is 11.6 Å². The summed E-state index contributed by atoms with van der Waals surface area (Å²) in [5.74, 6) is -0.151. The number of carbonyl (C=O) groups is 1. The number of hydrogen-bond donors (Lipinski definition) is 1. The van der Waals surface area contributed by atoms with Crippen LogP contribution < -0.4 is 4.74 Å². The van der Waals surface area contributed by atoms with Gasteiger partial charge in [-0.3, -0.25) is 4.79 Å². The fraction of sp³-hybridized carbons (Fsp3) is 0.250. The van der Waals surface area contributed by atoms with Gasteiger partial charge in [-0.1, -0.05) is 24.8 Å². The van der Waals surface area contributed by atoms with E-state index in [1.54, 1.807) is 0 Å². The van der Waals surface area contributed by atoms with Gasteiger partial charge in [-0.2, -0.15) is 0 Å². The predicted molar refractivity (Wildman–Crippen MR) is 56.1 cm³/mol. The molecule has 0 aliphatic carbocycles. The lowest BCUT2D eigenvalue weighted by Gasteiger charge is -2.26. The molecule has 1 aromatic rings. The van der Waals surface area contributed by atoms with Gasteiger partial charge in [0.1, 0.15) is 12.4 Å². The van der Waals surface area contributed by atoms with Crippen molar-refractivity contribution in [1.82, 2.24) is 0 Å². The van der Waals surface area contributed by atoms with Gasteiger partial charge in [0.25, 0.3) is 0 Å². The molecule has 1 aliphatic rings. The quantitative estimate of drug-likeness (QED) is 0.751. The van der Waals surface area contributed by atoms with E-state index in [0.717, 1.165) is 16.9 Å². The Balaban J connectivity index is 2.37. The second kappa shape index (κ2) is 3.77. The van der Waals surface area contributed by atoms with Crippen LogP contribution in [-0.2, 0) is 4.79 Å². The number of para-hydroxylation sites is 1. The van der Waals surface area contributed by atoms with Crippen molar-refractivity contribution in [3.8, 4) is 5.75 Å². The average Bonchev–Trinajstić information content (AvgIpc) is 2.22. The average molecular weight is 204 g/mol. The molecule has 0 aromatic heterocycles. The van der Waals surface area contributed by atoms with Crippen LogP contribution in [0.1, 0.15) is 17.9 Å². The molecule has 2 rings (SSSR count). The fourth-order valence-electron chi connectivity index (χ4n) is 1.82. The maximum absolute atomic E-state index is 10.7. The standard InChI is InChI=1S/C12H12O3/c1-8-7-15-11-5-3-2-4-9(11)10(8)6-12(13)14/h2-5,10H,1,6-7H2,(H,13,14). The summed E-state index contributed by atoms with van der Waals surface area (Å²) in [6, 6.07) is 7.52. The normalized spacial score (nSPS) is 19.2. The van der Waals surface area contributed by atoms with Crippen LogP contribution in [0.5, 0.6) is 5.75 Å². The van der Waals surface area contributed by atoms with E-state index in [4.69, 9.17) is 9.84 Å². The van der Waals surface area contributed by atoms with Gasteiger partial charge < -0.3 is 9.84 Å². The Morgan fingerprint density at radius 1 is 1.53 bits per heavy atom. The van der Waals surface area contributed by atoms with Crippen LogP contribution in [0.2, 0.25) is 0 Å². The molecule has 1 atom stereocenters. The first-order valence-corrected chi connectivity index (χ1v) is 4.79. The zero-order valence-corrected chi connectivity index (χ0v) is 8.27. The topological polar surface area (TPSA) is 46.5 Å². The monoisotopic (exact) mass is 204 g/mol. The number of aliphatic carboxylic acids is 1. The van der Waals surface area contributed by atoms with Crippen molar-refractivity contribution in [2.75, 3.05) is 6.61 Å². The maximum atomic E-state index is 10.7. The lowest BCUT2D eigenvalue weighted by molar-refractivity contribution is -0.137. The van der Waals surface area contributed by atoms with E-state index in [-0.39, 0.29) is 12.3 Å². The van der Waals surface area contributed by atoms with Gasteiger partial charge in [0, 0.05) is 11.5 Å². The van der Waals surface area contributed by atoms with Crippen LogP contribution in [-0.4, -0.2) is 17.7 Å². The van der Waals surface area contributed by atoms with E-state index < -0.39 is 5.97 Å². The summed E-state index contributed by atoms with van der Waals surface area (Å²) in [6.45, 7) is 4.27. The molecule has 78 valence electrons. The first-order chi connectivity index (χ1) is 7.18. The number of benzene rings is 1. The summed E-state index contributed by atoms with van der Waals surface area (Å²) in [6.07, 6.45) is 0.0825. The van der Waals surface area contributed by atoms with Crippen molar-refractivity contribution in [1.29, 1.82) is 0 Å². The molecular weight excluding hydrogens is 192 g/mol. The lowest BCUT2D eigenvalue weighted by Crippen LogP contribution is -2.19. The number of ether oxygens (including phenoxy) is 1.